The lowest BCUT2D eigenvalue weighted by Crippen LogP contribution is -2.02. The van der Waals surface area contributed by atoms with Gasteiger partial charge in [-0.1, -0.05) is 30.4 Å². The Morgan fingerprint density at radius 1 is 1.10 bits per heavy atom. The molecule has 148 valence electrons. The average molecular weight is 394 g/mol. The molecule has 0 saturated carbocycles. The smallest absolute Gasteiger partial charge is 0.126 e. The van der Waals surface area contributed by atoms with Crippen molar-refractivity contribution in [3.8, 4) is 11.8 Å². The Kier molecular flexibility index (Phi) is 5.23. The van der Waals surface area contributed by atoms with Gasteiger partial charge in [0.15, 0.2) is 0 Å². The summed E-state index contributed by atoms with van der Waals surface area (Å²) in [4.78, 5) is 7.65. The van der Waals surface area contributed by atoms with Gasteiger partial charge in [-0.15, -0.1) is 0 Å². The van der Waals surface area contributed by atoms with Gasteiger partial charge in [0.2, 0.25) is 0 Å². The molecule has 4 aromatic rings. The number of aryl methyl sites for hydroxylation is 2. The molecule has 2 aromatic carbocycles. The Bertz CT molecular complexity index is 1290. The Hall–Kier alpha value is -4.04. The zero-order valence-corrected chi connectivity index (χ0v) is 17.2. The molecule has 0 aliphatic carbocycles. The van der Waals surface area contributed by atoms with Crippen LogP contribution >= 0.6 is 0 Å². The van der Waals surface area contributed by atoms with E-state index in [1.165, 1.54) is 0 Å². The molecule has 0 fully saturated rings. The highest BCUT2D eigenvalue weighted by Gasteiger charge is 2.13. The molecule has 4 rings (SSSR count). The largest absolute Gasteiger partial charge is 0.496 e. The van der Waals surface area contributed by atoms with Gasteiger partial charge in [0.05, 0.1) is 18.4 Å². The molecule has 5 nitrogen and oxygen atoms in total. The minimum atomic E-state index is 0.494. The molecule has 0 spiro atoms. The van der Waals surface area contributed by atoms with E-state index in [-0.39, 0.29) is 0 Å². The standard InChI is InChI=1S/C25H22N4O/c1-16-20-12-13-27-23(20)11-10-22(16)29-25-19(14-26)15-28-17(2)21(25)9-8-18-6-4-5-7-24(18)30-3/h4-13,15,27H,1-3H3,(H,28,29). The van der Waals surface area contributed by atoms with Crippen molar-refractivity contribution in [1.29, 1.82) is 5.26 Å². The maximum Gasteiger partial charge on any atom is 0.126 e. The van der Waals surface area contributed by atoms with E-state index in [2.05, 4.69) is 34.3 Å². The van der Waals surface area contributed by atoms with Gasteiger partial charge in [-0.3, -0.25) is 4.98 Å². The number of ether oxygens (including phenoxy) is 1. The molecule has 0 bridgehead atoms. The topological polar surface area (TPSA) is 73.7 Å². The van der Waals surface area contributed by atoms with E-state index in [1.807, 2.05) is 61.7 Å². The van der Waals surface area contributed by atoms with Crippen LogP contribution in [0.25, 0.3) is 23.1 Å². The lowest BCUT2D eigenvalue weighted by atomic mass is 10.0. The van der Waals surface area contributed by atoms with Crippen LogP contribution in [-0.2, 0) is 0 Å². The normalized spacial score (nSPS) is 11.0. The number of benzene rings is 2. The van der Waals surface area contributed by atoms with E-state index in [0.717, 1.165) is 50.4 Å². The number of nitriles is 1. The summed E-state index contributed by atoms with van der Waals surface area (Å²) in [5.74, 6) is 0.791. The molecule has 0 saturated heterocycles. The SMILES string of the molecule is COc1ccccc1C=Cc1c(C)ncc(C#N)c1Nc1ccc2[nH]ccc2c1C. The fraction of sp³-hybridized carbons (Fsp3) is 0.120. The Balaban J connectivity index is 1.81. The van der Waals surface area contributed by atoms with Gasteiger partial charge in [-0.2, -0.15) is 5.26 Å². The molecule has 2 heterocycles. The lowest BCUT2D eigenvalue weighted by Gasteiger charge is -2.16. The van der Waals surface area contributed by atoms with Gasteiger partial charge in [0, 0.05) is 45.8 Å². The highest BCUT2D eigenvalue weighted by atomic mass is 16.5. The van der Waals surface area contributed by atoms with Crippen molar-refractivity contribution >= 4 is 34.4 Å². The van der Waals surface area contributed by atoms with Gasteiger partial charge in [-0.25, -0.2) is 0 Å². The third-order valence-corrected chi connectivity index (χ3v) is 5.27. The number of para-hydroxylation sites is 1. The predicted octanol–water partition coefficient (Wildman–Crippen LogP) is 5.97. The van der Waals surface area contributed by atoms with Gasteiger partial charge in [0.1, 0.15) is 11.8 Å². The van der Waals surface area contributed by atoms with E-state index in [9.17, 15) is 5.26 Å². The van der Waals surface area contributed by atoms with E-state index in [1.54, 1.807) is 13.3 Å². The van der Waals surface area contributed by atoms with Gasteiger partial charge in [0.25, 0.3) is 0 Å². The molecule has 0 aliphatic heterocycles. The number of methoxy groups -OCH3 is 1. The zero-order chi connectivity index (χ0) is 21.1. The molecule has 2 N–H and O–H groups in total. The Labute approximate surface area is 175 Å². The molecule has 5 heteroatoms. The average Bonchev–Trinajstić information content (AvgIpc) is 3.25. The molecule has 0 aliphatic rings. The summed E-state index contributed by atoms with van der Waals surface area (Å²) < 4.78 is 5.45. The predicted molar refractivity (Wildman–Crippen MR) is 122 cm³/mol. The summed E-state index contributed by atoms with van der Waals surface area (Å²) in [5.41, 5.74) is 7.06. The summed E-state index contributed by atoms with van der Waals surface area (Å²) in [6, 6.07) is 16.2. The van der Waals surface area contributed by atoms with Crippen LogP contribution in [-0.4, -0.2) is 17.1 Å². The summed E-state index contributed by atoms with van der Waals surface area (Å²) >= 11 is 0. The van der Waals surface area contributed by atoms with Crippen LogP contribution in [0.15, 0.2) is 54.9 Å². The summed E-state index contributed by atoms with van der Waals surface area (Å²) in [5, 5.41) is 14.3. The number of nitrogens with zero attached hydrogens (tertiary/aromatic N) is 2. The third-order valence-electron chi connectivity index (χ3n) is 5.27. The van der Waals surface area contributed by atoms with Gasteiger partial charge >= 0.3 is 0 Å². The Morgan fingerprint density at radius 3 is 2.73 bits per heavy atom. The van der Waals surface area contributed by atoms with Crippen molar-refractivity contribution in [2.24, 2.45) is 0 Å². The maximum absolute atomic E-state index is 9.71. The number of aromatic amines is 1. The second-order valence-electron chi connectivity index (χ2n) is 7.04. The van der Waals surface area contributed by atoms with Crippen molar-refractivity contribution in [2.45, 2.75) is 13.8 Å². The number of pyridine rings is 1. The highest BCUT2D eigenvalue weighted by Crippen LogP contribution is 2.32. The first kappa shape index (κ1) is 19.3. The van der Waals surface area contributed by atoms with Gasteiger partial charge < -0.3 is 15.0 Å². The van der Waals surface area contributed by atoms with Crippen molar-refractivity contribution in [1.82, 2.24) is 9.97 Å². The van der Waals surface area contributed by atoms with E-state index in [4.69, 9.17) is 4.74 Å². The number of nitrogens with one attached hydrogen (secondary N) is 2. The third kappa shape index (κ3) is 3.51. The Morgan fingerprint density at radius 2 is 1.93 bits per heavy atom. The van der Waals surface area contributed by atoms with E-state index >= 15 is 0 Å². The number of rotatable bonds is 5. The van der Waals surface area contributed by atoms with Crippen molar-refractivity contribution in [2.75, 3.05) is 12.4 Å². The quantitative estimate of drug-likeness (QED) is 0.437. The molecule has 2 aromatic heterocycles. The first-order valence-electron chi connectivity index (χ1n) is 9.67. The number of anilines is 2. The first-order valence-corrected chi connectivity index (χ1v) is 9.67. The summed E-state index contributed by atoms with van der Waals surface area (Å²) in [6.45, 7) is 4.01. The fourth-order valence-corrected chi connectivity index (χ4v) is 3.58. The fourth-order valence-electron chi connectivity index (χ4n) is 3.58. The molecule has 0 atom stereocenters. The monoisotopic (exact) mass is 394 g/mol. The maximum atomic E-state index is 9.71. The van der Waals surface area contributed by atoms with E-state index in [0.29, 0.717) is 5.56 Å². The van der Waals surface area contributed by atoms with Crippen molar-refractivity contribution in [3.05, 3.63) is 82.8 Å². The minimum absolute atomic E-state index is 0.494. The molecular formula is C25H22N4O. The second-order valence-corrected chi connectivity index (χ2v) is 7.04. The van der Waals surface area contributed by atoms with Crippen molar-refractivity contribution < 1.29 is 4.74 Å². The number of hydrogen-bond acceptors (Lipinski definition) is 4. The minimum Gasteiger partial charge on any atom is -0.496 e. The highest BCUT2D eigenvalue weighted by molar-refractivity contribution is 5.91. The van der Waals surface area contributed by atoms with Crippen LogP contribution in [0, 0.1) is 25.2 Å². The number of aromatic nitrogens is 2. The molecule has 30 heavy (non-hydrogen) atoms. The number of fused-ring (bicyclic) bond motifs is 1. The molecular weight excluding hydrogens is 372 g/mol. The van der Waals surface area contributed by atoms with E-state index < -0.39 is 0 Å². The van der Waals surface area contributed by atoms with Crippen LogP contribution in [0.1, 0.15) is 27.9 Å². The van der Waals surface area contributed by atoms with Crippen LogP contribution < -0.4 is 10.1 Å². The van der Waals surface area contributed by atoms with Crippen LogP contribution in [0.4, 0.5) is 11.4 Å². The number of H-pyrrole nitrogens is 1. The van der Waals surface area contributed by atoms with Crippen LogP contribution in [0.2, 0.25) is 0 Å². The molecule has 0 amide bonds. The number of hydrogen-bond donors (Lipinski definition) is 2. The van der Waals surface area contributed by atoms with Gasteiger partial charge in [-0.05, 0) is 43.7 Å². The van der Waals surface area contributed by atoms with Crippen molar-refractivity contribution in [3.63, 3.8) is 0 Å². The van der Waals surface area contributed by atoms with Crippen LogP contribution in [0.5, 0.6) is 5.75 Å². The molecule has 0 radical (unpaired) electrons. The van der Waals surface area contributed by atoms with Crippen LogP contribution in [0.3, 0.4) is 0 Å². The first-order chi connectivity index (χ1) is 14.6. The zero-order valence-electron chi connectivity index (χ0n) is 17.2. The molecule has 0 unspecified atom stereocenters. The second kappa shape index (κ2) is 8.14. The lowest BCUT2D eigenvalue weighted by molar-refractivity contribution is 0.414. The summed E-state index contributed by atoms with van der Waals surface area (Å²) in [7, 11) is 1.66. The summed E-state index contributed by atoms with van der Waals surface area (Å²) in [6.07, 6.45) is 7.51.